The molecule has 0 spiro atoms. The van der Waals surface area contributed by atoms with Gasteiger partial charge in [-0.15, -0.1) is 11.8 Å². The number of carbonyl (C=O) groups is 1. The van der Waals surface area contributed by atoms with Gasteiger partial charge in [0.15, 0.2) is 0 Å². The summed E-state index contributed by atoms with van der Waals surface area (Å²) in [6.07, 6.45) is 3.70. The maximum absolute atomic E-state index is 12.5. The summed E-state index contributed by atoms with van der Waals surface area (Å²) in [5.41, 5.74) is 2.05. The van der Waals surface area contributed by atoms with E-state index in [1.807, 2.05) is 61.3 Å². The van der Waals surface area contributed by atoms with Gasteiger partial charge in [-0.25, -0.2) is 9.67 Å². The Morgan fingerprint density at radius 3 is 2.54 bits per heavy atom. The number of rotatable bonds is 7. The second-order valence-electron chi connectivity index (χ2n) is 6.02. The van der Waals surface area contributed by atoms with Crippen LogP contribution in [0.4, 0.5) is 0 Å². The van der Waals surface area contributed by atoms with E-state index in [2.05, 4.69) is 22.2 Å². The number of carbonyl (C=O) groups excluding carboxylic acids is 1. The molecule has 0 bridgehead atoms. The van der Waals surface area contributed by atoms with Crippen LogP contribution in [-0.4, -0.2) is 38.4 Å². The molecule has 1 atom stereocenters. The molecular weight excluding hydrogens is 344 g/mol. The van der Waals surface area contributed by atoms with E-state index in [0.29, 0.717) is 6.42 Å². The average molecular weight is 366 g/mol. The van der Waals surface area contributed by atoms with Gasteiger partial charge < -0.3 is 4.90 Å². The molecule has 0 unspecified atom stereocenters. The average Bonchev–Trinajstić information content (AvgIpc) is 3.22. The molecule has 0 aliphatic carbocycles. The van der Waals surface area contributed by atoms with Gasteiger partial charge in [0.1, 0.15) is 12.7 Å². The van der Waals surface area contributed by atoms with Crippen molar-refractivity contribution in [3.8, 4) is 5.69 Å². The standard InChI is InChI=1S/C20H22N4OS/c1-16(17-8-10-18(11-9-17)24-15-21-14-22-24)23(2)20(25)12-13-26-19-6-4-3-5-7-19/h3-11,14-16H,12-13H2,1-2H3/t16-/m0/s1. The molecule has 5 nitrogen and oxygen atoms in total. The van der Waals surface area contributed by atoms with Crippen molar-refractivity contribution in [2.75, 3.05) is 12.8 Å². The molecule has 1 amide bonds. The van der Waals surface area contributed by atoms with E-state index >= 15 is 0 Å². The predicted molar refractivity (Wildman–Crippen MR) is 104 cm³/mol. The normalized spacial score (nSPS) is 11.9. The Labute approximate surface area is 158 Å². The van der Waals surface area contributed by atoms with Gasteiger partial charge in [-0.1, -0.05) is 30.3 Å². The highest BCUT2D eigenvalue weighted by molar-refractivity contribution is 7.99. The summed E-state index contributed by atoms with van der Waals surface area (Å²) in [5, 5.41) is 4.12. The monoisotopic (exact) mass is 366 g/mol. The van der Waals surface area contributed by atoms with Gasteiger partial charge >= 0.3 is 0 Å². The first-order chi connectivity index (χ1) is 12.6. The number of nitrogens with zero attached hydrogens (tertiary/aromatic N) is 4. The van der Waals surface area contributed by atoms with Crippen molar-refractivity contribution in [1.29, 1.82) is 0 Å². The van der Waals surface area contributed by atoms with Gasteiger partial charge in [-0.3, -0.25) is 4.79 Å². The van der Waals surface area contributed by atoms with Crippen molar-refractivity contribution in [3.63, 3.8) is 0 Å². The van der Waals surface area contributed by atoms with Crippen LogP contribution < -0.4 is 0 Å². The van der Waals surface area contributed by atoms with E-state index in [1.165, 1.54) is 11.2 Å². The first kappa shape index (κ1) is 18.2. The Morgan fingerprint density at radius 1 is 1.15 bits per heavy atom. The minimum atomic E-state index is 0.0222. The zero-order valence-electron chi connectivity index (χ0n) is 14.9. The second-order valence-corrected chi connectivity index (χ2v) is 7.19. The smallest absolute Gasteiger partial charge is 0.223 e. The van der Waals surface area contributed by atoms with Gasteiger partial charge in [0.2, 0.25) is 5.91 Å². The Balaban J connectivity index is 1.54. The zero-order chi connectivity index (χ0) is 18.4. The molecule has 1 heterocycles. The summed E-state index contributed by atoms with van der Waals surface area (Å²) < 4.78 is 1.71. The summed E-state index contributed by atoms with van der Waals surface area (Å²) in [5.74, 6) is 0.937. The molecule has 3 rings (SSSR count). The highest BCUT2D eigenvalue weighted by Gasteiger charge is 2.17. The molecule has 0 aliphatic rings. The van der Waals surface area contributed by atoms with Crippen molar-refractivity contribution in [2.45, 2.75) is 24.3 Å². The third kappa shape index (κ3) is 4.52. The van der Waals surface area contributed by atoms with Gasteiger partial charge in [0.05, 0.1) is 11.7 Å². The van der Waals surface area contributed by atoms with E-state index in [-0.39, 0.29) is 11.9 Å². The van der Waals surface area contributed by atoms with E-state index in [1.54, 1.807) is 22.8 Å². The lowest BCUT2D eigenvalue weighted by atomic mass is 10.1. The highest BCUT2D eigenvalue weighted by atomic mass is 32.2. The summed E-state index contributed by atoms with van der Waals surface area (Å²) in [4.78, 5) is 19.5. The maximum atomic E-state index is 12.5. The second kappa shape index (κ2) is 8.67. The lowest BCUT2D eigenvalue weighted by Crippen LogP contribution is -2.29. The summed E-state index contributed by atoms with van der Waals surface area (Å²) in [6.45, 7) is 2.05. The van der Waals surface area contributed by atoms with E-state index in [4.69, 9.17) is 0 Å². The lowest BCUT2D eigenvalue weighted by molar-refractivity contribution is -0.131. The minimum absolute atomic E-state index is 0.0222. The molecular formula is C20H22N4OS. The fraction of sp³-hybridized carbons (Fsp3) is 0.250. The van der Waals surface area contributed by atoms with Crippen LogP contribution in [0, 0.1) is 0 Å². The van der Waals surface area contributed by atoms with Crippen LogP contribution in [0.15, 0.2) is 72.1 Å². The molecule has 0 saturated heterocycles. The number of aromatic nitrogens is 3. The lowest BCUT2D eigenvalue weighted by Gasteiger charge is -2.25. The highest BCUT2D eigenvalue weighted by Crippen LogP contribution is 2.22. The van der Waals surface area contributed by atoms with Crippen LogP contribution in [0.25, 0.3) is 5.69 Å². The molecule has 0 radical (unpaired) electrons. The quantitative estimate of drug-likeness (QED) is 0.594. The Bertz CT molecular complexity index is 819. The molecule has 0 N–H and O–H groups in total. The zero-order valence-corrected chi connectivity index (χ0v) is 15.8. The molecule has 0 aliphatic heterocycles. The van der Waals surface area contributed by atoms with Crippen molar-refractivity contribution >= 4 is 17.7 Å². The van der Waals surface area contributed by atoms with E-state index in [9.17, 15) is 4.79 Å². The van der Waals surface area contributed by atoms with Crippen LogP contribution in [0.2, 0.25) is 0 Å². The third-order valence-electron chi connectivity index (χ3n) is 4.36. The summed E-state index contributed by atoms with van der Waals surface area (Å²) in [7, 11) is 1.87. The van der Waals surface area contributed by atoms with Crippen LogP contribution in [0.1, 0.15) is 24.9 Å². The van der Waals surface area contributed by atoms with Gasteiger partial charge in [0, 0.05) is 24.1 Å². The van der Waals surface area contributed by atoms with Crippen LogP contribution >= 0.6 is 11.8 Å². The van der Waals surface area contributed by atoms with Crippen LogP contribution in [0.3, 0.4) is 0 Å². The van der Waals surface area contributed by atoms with Crippen molar-refractivity contribution in [3.05, 3.63) is 72.8 Å². The van der Waals surface area contributed by atoms with Crippen molar-refractivity contribution in [1.82, 2.24) is 19.7 Å². The fourth-order valence-corrected chi connectivity index (χ4v) is 3.50. The molecule has 0 saturated carbocycles. The van der Waals surface area contributed by atoms with Crippen LogP contribution in [0.5, 0.6) is 0 Å². The van der Waals surface area contributed by atoms with Crippen molar-refractivity contribution in [2.24, 2.45) is 0 Å². The molecule has 2 aromatic carbocycles. The number of benzene rings is 2. The van der Waals surface area contributed by atoms with E-state index in [0.717, 1.165) is 17.0 Å². The van der Waals surface area contributed by atoms with Gasteiger partial charge in [-0.2, -0.15) is 5.10 Å². The van der Waals surface area contributed by atoms with Gasteiger partial charge in [-0.05, 0) is 36.8 Å². The number of thioether (sulfide) groups is 1. The Morgan fingerprint density at radius 2 is 1.88 bits per heavy atom. The topological polar surface area (TPSA) is 51.0 Å². The minimum Gasteiger partial charge on any atom is -0.339 e. The molecule has 0 fully saturated rings. The fourth-order valence-electron chi connectivity index (χ4n) is 2.64. The number of amides is 1. The molecule has 26 heavy (non-hydrogen) atoms. The van der Waals surface area contributed by atoms with Gasteiger partial charge in [0.25, 0.3) is 0 Å². The van der Waals surface area contributed by atoms with E-state index < -0.39 is 0 Å². The predicted octanol–water partition coefficient (Wildman–Crippen LogP) is 3.97. The largest absolute Gasteiger partial charge is 0.339 e. The summed E-state index contributed by atoms with van der Waals surface area (Å²) in [6, 6.07) is 18.2. The third-order valence-corrected chi connectivity index (χ3v) is 5.37. The maximum Gasteiger partial charge on any atom is 0.223 e. The first-order valence-electron chi connectivity index (χ1n) is 8.53. The van der Waals surface area contributed by atoms with Crippen molar-refractivity contribution < 1.29 is 4.79 Å². The Hall–Kier alpha value is -2.60. The molecule has 1 aromatic heterocycles. The first-order valence-corrected chi connectivity index (χ1v) is 9.52. The van der Waals surface area contributed by atoms with Crippen LogP contribution in [-0.2, 0) is 4.79 Å². The molecule has 134 valence electrons. The Kier molecular flexibility index (Phi) is 6.07. The molecule has 6 heteroatoms. The number of hydrogen-bond acceptors (Lipinski definition) is 4. The molecule has 3 aromatic rings. The number of hydrogen-bond donors (Lipinski definition) is 0. The SMILES string of the molecule is C[C@@H](c1ccc(-n2cncn2)cc1)N(C)C(=O)CCSc1ccccc1. The summed E-state index contributed by atoms with van der Waals surface area (Å²) >= 11 is 1.71.